The Bertz CT molecular complexity index is 482. The number of benzene rings is 1. The second-order valence-corrected chi connectivity index (χ2v) is 6.91. The van der Waals surface area contributed by atoms with Crippen LogP contribution in [0.15, 0.2) is 22.7 Å². The van der Waals surface area contributed by atoms with Crippen molar-refractivity contribution in [2.24, 2.45) is 11.8 Å². The Morgan fingerprint density at radius 3 is 2.57 bits per heavy atom. The maximum absolute atomic E-state index is 14.6. The number of rotatable bonds is 5. The standard InChI is InChI=1S/C17H25BrFNO/c1-5-9-20-17(13-7-6-8-14(18)16(13)19)15-10(2)11(3)21-12(15)4/h6-8,10-12,15,17,20H,5,9H2,1-4H3. The predicted molar refractivity (Wildman–Crippen MR) is 87.8 cm³/mol. The van der Waals surface area contributed by atoms with E-state index in [1.54, 1.807) is 6.07 Å². The molecule has 1 aliphatic heterocycles. The molecule has 4 heteroatoms. The highest BCUT2D eigenvalue weighted by molar-refractivity contribution is 9.10. The lowest BCUT2D eigenvalue weighted by atomic mass is 9.80. The number of ether oxygens (including phenoxy) is 1. The van der Waals surface area contributed by atoms with Gasteiger partial charge in [-0.05, 0) is 54.7 Å². The van der Waals surface area contributed by atoms with Gasteiger partial charge in [0, 0.05) is 17.5 Å². The third-order valence-electron chi connectivity index (χ3n) is 4.63. The average molecular weight is 358 g/mol. The number of hydrogen-bond donors (Lipinski definition) is 1. The highest BCUT2D eigenvalue weighted by Gasteiger charge is 2.42. The molecule has 0 radical (unpaired) electrons. The van der Waals surface area contributed by atoms with Crippen LogP contribution in [-0.4, -0.2) is 18.8 Å². The Hall–Kier alpha value is -0.450. The molecule has 0 aromatic heterocycles. The van der Waals surface area contributed by atoms with Gasteiger partial charge in [0.05, 0.1) is 16.7 Å². The van der Waals surface area contributed by atoms with E-state index in [1.165, 1.54) is 0 Å². The van der Waals surface area contributed by atoms with E-state index in [-0.39, 0.29) is 30.0 Å². The van der Waals surface area contributed by atoms with Gasteiger partial charge in [-0.1, -0.05) is 26.0 Å². The van der Waals surface area contributed by atoms with Gasteiger partial charge in [-0.25, -0.2) is 4.39 Å². The van der Waals surface area contributed by atoms with Crippen LogP contribution in [0.5, 0.6) is 0 Å². The fraction of sp³-hybridized carbons (Fsp3) is 0.647. The van der Waals surface area contributed by atoms with E-state index >= 15 is 0 Å². The molecule has 0 spiro atoms. The molecule has 1 aromatic carbocycles. The molecule has 1 saturated heterocycles. The molecule has 0 aliphatic carbocycles. The van der Waals surface area contributed by atoms with Crippen molar-refractivity contribution >= 4 is 15.9 Å². The van der Waals surface area contributed by atoms with Crippen molar-refractivity contribution in [3.05, 3.63) is 34.1 Å². The Balaban J connectivity index is 2.36. The minimum absolute atomic E-state index is 0.0163. The smallest absolute Gasteiger partial charge is 0.142 e. The molecule has 1 N–H and O–H groups in total. The SMILES string of the molecule is CCCNC(c1cccc(Br)c1F)C1C(C)OC(C)C1C. The van der Waals surface area contributed by atoms with Gasteiger partial charge in [0.1, 0.15) is 5.82 Å². The topological polar surface area (TPSA) is 21.3 Å². The summed E-state index contributed by atoms with van der Waals surface area (Å²) in [6.07, 6.45) is 1.37. The van der Waals surface area contributed by atoms with E-state index in [0.29, 0.717) is 10.4 Å². The van der Waals surface area contributed by atoms with Gasteiger partial charge in [-0.3, -0.25) is 0 Å². The predicted octanol–water partition coefficient (Wildman–Crippen LogP) is 4.69. The van der Waals surface area contributed by atoms with Crippen LogP contribution in [0.3, 0.4) is 0 Å². The van der Waals surface area contributed by atoms with E-state index in [2.05, 4.69) is 48.9 Å². The summed E-state index contributed by atoms with van der Waals surface area (Å²) < 4.78 is 21.0. The molecule has 2 nitrogen and oxygen atoms in total. The summed E-state index contributed by atoms with van der Waals surface area (Å²) in [4.78, 5) is 0. The minimum atomic E-state index is -0.162. The van der Waals surface area contributed by atoms with Gasteiger partial charge in [0.2, 0.25) is 0 Å². The van der Waals surface area contributed by atoms with Crippen LogP contribution in [0, 0.1) is 17.7 Å². The van der Waals surface area contributed by atoms with E-state index < -0.39 is 0 Å². The first-order valence-electron chi connectivity index (χ1n) is 7.80. The quantitative estimate of drug-likeness (QED) is 0.825. The summed E-state index contributed by atoms with van der Waals surface area (Å²) in [5.41, 5.74) is 0.735. The number of nitrogens with one attached hydrogen (secondary N) is 1. The van der Waals surface area contributed by atoms with Crippen LogP contribution in [0.1, 0.15) is 45.7 Å². The van der Waals surface area contributed by atoms with Crippen molar-refractivity contribution in [2.45, 2.75) is 52.4 Å². The normalized spacial score (nSPS) is 30.6. The monoisotopic (exact) mass is 357 g/mol. The third-order valence-corrected chi connectivity index (χ3v) is 5.25. The van der Waals surface area contributed by atoms with E-state index in [9.17, 15) is 4.39 Å². The molecule has 2 rings (SSSR count). The maximum Gasteiger partial charge on any atom is 0.142 e. The summed E-state index contributed by atoms with van der Waals surface area (Å²) in [5, 5.41) is 3.54. The van der Waals surface area contributed by atoms with Crippen LogP contribution in [-0.2, 0) is 4.74 Å². The van der Waals surface area contributed by atoms with Crippen LogP contribution in [0.25, 0.3) is 0 Å². The molecule has 21 heavy (non-hydrogen) atoms. The van der Waals surface area contributed by atoms with Crippen LogP contribution < -0.4 is 5.32 Å². The summed E-state index contributed by atoms with van der Waals surface area (Å²) in [6.45, 7) is 9.41. The number of hydrogen-bond acceptors (Lipinski definition) is 2. The maximum atomic E-state index is 14.6. The second kappa shape index (κ2) is 7.21. The molecule has 5 unspecified atom stereocenters. The van der Waals surface area contributed by atoms with E-state index in [4.69, 9.17) is 4.74 Å². The van der Waals surface area contributed by atoms with Crippen molar-refractivity contribution < 1.29 is 9.13 Å². The van der Waals surface area contributed by atoms with Crippen molar-refractivity contribution in [3.8, 4) is 0 Å². The van der Waals surface area contributed by atoms with Crippen LogP contribution >= 0.6 is 15.9 Å². The van der Waals surface area contributed by atoms with Gasteiger partial charge < -0.3 is 10.1 Å². The zero-order valence-electron chi connectivity index (χ0n) is 13.2. The Morgan fingerprint density at radius 2 is 2.00 bits per heavy atom. The largest absolute Gasteiger partial charge is 0.375 e. The molecule has 5 atom stereocenters. The first-order valence-corrected chi connectivity index (χ1v) is 8.59. The fourth-order valence-electron chi connectivity index (χ4n) is 3.38. The summed E-state index contributed by atoms with van der Waals surface area (Å²) in [7, 11) is 0. The summed E-state index contributed by atoms with van der Waals surface area (Å²) in [6, 6.07) is 5.52. The van der Waals surface area contributed by atoms with Crippen molar-refractivity contribution in [1.29, 1.82) is 0 Å². The molecule has 1 fully saturated rings. The van der Waals surface area contributed by atoms with Crippen molar-refractivity contribution in [2.75, 3.05) is 6.54 Å². The Morgan fingerprint density at radius 1 is 1.29 bits per heavy atom. The third kappa shape index (κ3) is 3.49. The van der Waals surface area contributed by atoms with Gasteiger partial charge >= 0.3 is 0 Å². The summed E-state index contributed by atoms with van der Waals surface area (Å²) in [5.74, 6) is 0.508. The molecule has 0 bridgehead atoms. The van der Waals surface area contributed by atoms with Crippen molar-refractivity contribution in [1.82, 2.24) is 5.32 Å². The van der Waals surface area contributed by atoms with Gasteiger partial charge in [0.25, 0.3) is 0 Å². The zero-order valence-corrected chi connectivity index (χ0v) is 14.8. The average Bonchev–Trinajstić information content (AvgIpc) is 2.69. The van der Waals surface area contributed by atoms with Crippen LogP contribution in [0.2, 0.25) is 0 Å². The zero-order chi connectivity index (χ0) is 15.6. The molecular formula is C17H25BrFNO. The fourth-order valence-corrected chi connectivity index (χ4v) is 3.76. The molecule has 118 valence electrons. The summed E-state index contributed by atoms with van der Waals surface area (Å²) >= 11 is 3.30. The molecule has 0 amide bonds. The first kappa shape index (κ1) is 16.9. The van der Waals surface area contributed by atoms with E-state index in [0.717, 1.165) is 18.5 Å². The van der Waals surface area contributed by atoms with Gasteiger partial charge in [-0.2, -0.15) is 0 Å². The molecule has 1 heterocycles. The lowest BCUT2D eigenvalue weighted by Crippen LogP contribution is -2.36. The first-order chi connectivity index (χ1) is 9.97. The highest BCUT2D eigenvalue weighted by atomic mass is 79.9. The Labute approximate surface area is 135 Å². The minimum Gasteiger partial charge on any atom is -0.375 e. The van der Waals surface area contributed by atoms with Crippen molar-refractivity contribution in [3.63, 3.8) is 0 Å². The molecule has 1 aliphatic rings. The Kier molecular flexibility index (Phi) is 5.81. The van der Waals surface area contributed by atoms with Crippen LogP contribution in [0.4, 0.5) is 4.39 Å². The van der Waals surface area contributed by atoms with Gasteiger partial charge in [0.15, 0.2) is 0 Å². The molecular weight excluding hydrogens is 333 g/mol. The van der Waals surface area contributed by atoms with Gasteiger partial charge in [-0.15, -0.1) is 0 Å². The lowest BCUT2D eigenvalue weighted by molar-refractivity contribution is 0.0473. The second-order valence-electron chi connectivity index (χ2n) is 6.06. The highest BCUT2D eigenvalue weighted by Crippen LogP contribution is 2.41. The number of halogens is 2. The molecule has 0 saturated carbocycles. The lowest BCUT2D eigenvalue weighted by Gasteiger charge is -2.30. The van der Waals surface area contributed by atoms with E-state index in [1.807, 2.05) is 12.1 Å². The molecule has 1 aromatic rings.